The van der Waals surface area contributed by atoms with Crippen LogP contribution in [0.5, 0.6) is 5.75 Å². The zero-order chi connectivity index (χ0) is 16.9. The Hall–Kier alpha value is -1.55. The standard InChI is InChI=1S/C19H30N2O2/c1-14(15-8-7-11-20-13-15)12-18(22)21-19(2,3)16-9-5-6-10-17(16)23-4/h5-6,9-10,14-15,20H,7-8,11-13H2,1-4H3,(H,21,22). The Morgan fingerprint density at radius 3 is 2.83 bits per heavy atom. The highest BCUT2D eigenvalue weighted by molar-refractivity contribution is 5.77. The molecule has 2 atom stereocenters. The van der Waals surface area contributed by atoms with Crippen molar-refractivity contribution in [3.63, 3.8) is 0 Å². The van der Waals surface area contributed by atoms with Crippen LogP contribution in [0.2, 0.25) is 0 Å². The Kier molecular flexibility index (Phi) is 6.05. The summed E-state index contributed by atoms with van der Waals surface area (Å²) in [5.41, 5.74) is 0.552. The molecule has 128 valence electrons. The number of rotatable bonds is 6. The molecule has 1 aliphatic heterocycles. The smallest absolute Gasteiger partial charge is 0.220 e. The molecule has 2 N–H and O–H groups in total. The van der Waals surface area contributed by atoms with Crippen molar-refractivity contribution in [2.45, 2.75) is 45.6 Å². The van der Waals surface area contributed by atoms with Crippen molar-refractivity contribution in [1.82, 2.24) is 10.6 Å². The first-order valence-corrected chi connectivity index (χ1v) is 8.59. The van der Waals surface area contributed by atoms with Gasteiger partial charge in [0.05, 0.1) is 12.6 Å². The number of piperidine rings is 1. The monoisotopic (exact) mass is 318 g/mol. The van der Waals surface area contributed by atoms with E-state index >= 15 is 0 Å². The summed E-state index contributed by atoms with van der Waals surface area (Å²) in [6.45, 7) is 8.37. The van der Waals surface area contributed by atoms with Gasteiger partial charge in [0.1, 0.15) is 5.75 Å². The van der Waals surface area contributed by atoms with Gasteiger partial charge in [-0.2, -0.15) is 0 Å². The summed E-state index contributed by atoms with van der Waals surface area (Å²) in [5.74, 6) is 1.92. The highest BCUT2D eigenvalue weighted by atomic mass is 16.5. The molecule has 4 nitrogen and oxygen atoms in total. The molecule has 2 rings (SSSR count). The first-order chi connectivity index (χ1) is 10.9. The lowest BCUT2D eigenvalue weighted by molar-refractivity contribution is -0.124. The number of para-hydroxylation sites is 1. The van der Waals surface area contributed by atoms with Crippen molar-refractivity contribution in [2.24, 2.45) is 11.8 Å². The largest absolute Gasteiger partial charge is 0.496 e. The van der Waals surface area contributed by atoms with Gasteiger partial charge in [-0.05, 0) is 57.7 Å². The predicted molar refractivity (Wildman–Crippen MR) is 93.5 cm³/mol. The third-order valence-electron chi connectivity index (χ3n) is 4.88. The number of carbonyl (C=O) groups excluding carboxylic acids is 1. The Labute approximate surface area is 140 Å². The molecular formula is C19H30N2O2. The molecule has 0 spiro atoms. The van der Waals surface area contributed by atoms with Crippen LogP contribution in [-0.4, -0.2) is 26.1 Å². The number of hydrogen-bond acceptors (Lipinski definition) is 3. The third-order valence-corrected chi connectivity index (χ3v) is 4.88. The molecule has 0 radical (unpaired) electrons. The van der Waals surface area contributed by atoms with Crippen molar-refractivity contribution < 1.29 is 9.53 Å². The van der Waals surface area contributed by atoms with Gasteiger partial charge in [0.2, 0.25) is 5.91 Å². The zero-order valence-corrected chi connectivity index (χ0v) is 14.8. The van der Waals surface area contributed by atoms with Gasteiger partial charge in [-0.15, -0.1) is 0 Å². The Bertz CT molecular complexity index is 522. The fraction of sp³-hybridized carbons (Fsp3) is 0.632. The van der Waals surface area contributed by atoms with Gasteiger partial charge in [-0.25, -0.2) is 0 Å². The maximum absolute atomic E-state index is 12.5. The van der Waals surface area contributed by atoms with E-state index in [0.717, 1.165) is 24.4 Å². The summed E-state index contributed by atoms with van der Waals surface area (Å²) in [6.07, 6.45) is 3.01. The second-order valence-electron chi connectivity index (χ2n) is 7.16. The molecule has 2 unspecified atom stereocenters. The van der Waals surface area contributed by atoms with Crippen LogP contribution in [0.4, 0.5) is 0 Å². The summed E-state index contributed by atoms with van der Waals surface area (Å²) in [6, 6.07) is 7.85. The van der Waals surface area contributed by atoms with Crippen molar-refractivity contribution in [1.29, 1.82) is 0 Å². The zero-order valence-electron chi connectivity index (χ0n) is 14.8. The van der Waals surface area contributed by atoms with E-state index in [1.165, 1.54) is 12.8 Å². The quantitative estimate of drug-likeness (QED) is 0.847. The van der Waals surface area contributed by atoms with Crippen molar-refractivity contribution >= 4 is 5.91 Å². The summed E-state index contributed by atoms with van der Waals surface area (Å²) in [7, 11) is 1.66. The van der Waals surface area contributed by atoms with Crippen LogP contribution in [0.15, 0.2) is 24.3 Å². The lowest BCUT2D eigenvalue weighted by Crippen LogP contribution is -2.43. The van der Waals surface area contributed by atoms with Crippen LogP contribution in [0.1, 0.15) is 45.6 Å². The maximum Gasteiger partial charge on any atom is 0.220 e. The lowest BCUT2D eigenvalue weighted by atomic mass is 9.85. The highest BCUT2D eigenvalue weighted by Gasteiger charge is 2.28. The third kappa shape index (κ3) is 4.71. The van der Waals surface area contributed by atoms with Gasteiger partial charge in [0.25, 0.3) is 0 Å². The molecule has 1 amide bonds. The van der Waals surface area contributed by atoms with E-state index in [2.05, 4.69) is 17.6 Å². The number of amides is 1. The second-order valence-corrected chi connectivity index (χ2v) is 7.16. The van der Waals surface area contributed by atoms with Gasteiger partial charge in [0, 0.05) is 12.0 Å². The van der Waals surface area contributed by atoms with Crippen LogP contribution in [0.25, 0.3) is 0 Å². The molecule has 0 saturated carbocycles. The molecule has 1 aromatic carbocycles. The molecular weight excluding hydrogens is 288 g/mol. The number of methoxy groups -OCH3 is 1. The van der Waals surface area contributed by atoms with E-state index in [1.807, 2.05) is 38.1 Å². The van der Waals surface area contributed by atoms with Crippen molar-refractivity contribution in [3.8, 4) is 5.75 Å². The van der Waals surface area contributed by atoms with Gasteiger partial charge < -0.3 is 15.4 Å². The predicted octanol–water partition coefficient (Wildman–Crippen LogP) is 3.07. The van der Waals surface area contributed by atoms with Crippen molar-refractivity contribution in [2.75, 3.05) is 20.2 Å². The molecule has 1 aromatic rings. The molecule has 23 heavy (non-hydrogen) atoms. The molecule has 0 aliphatic carbocycles. The topological polar surface area (TPSA) is 50.4 Å². The first-order valence-electron chi connectivity index (χ1n) is 8.59. The Balaban J connectivity index is 1.97. The number of hydrogen-bond donors (Lipinski definition) is 2. The van der Waals surface area contributed by atoms with Crippen LogP contribution in [-0.2, 0) is 10.3 Å². The van der Waals surface area contributed by atoms with E-state index in [9.17, 15) is 4.79 Å². The van der Waals surface area contributed by atoms with E-state index < -0.39 is 5.54 Å². The van der Waals surface area contributed by atoms with Gasteiger partial charge in [-0.3, -0.25) is 4.79 Å². The molecule has 1 saturated heterocycles. The number of carbonyl (C=O) groups is 1. The van der Waals surface area contributed by atoms with E-state index in [4.69, 9.17) is 4.74 Å². The summed E-state index contributed by atoms with van der Waals surface area (Å²) >= 11 is 0. The normalized spacial score (nSPS) is 19.9. The number of nitrogens with one attached hydrogen (secondary N) is 2. The molecule has 0 aromatic heterocycles. The average Bonchev–Trinajstić information content (AvgIpc) is 2.55. The highest BCUT2D eigenvalue weighted by Crippen LogP contribution is 2.30. The minimum Gasteiger partial charge on any atom is -0.496 e. The molecule has 1 heterocycles. The lowest BCUT2D eigenvalue weighted by Gasteiger charge is -2.31. The van der Waals surface area contributed by atoms with Gasteiger partial charge in [0.15, 0.2) is 0 Å². The van der Waals surface area contributed by atoms with E-state index in [1.54, 1.807) is 7.11 Å². The minimum absolute atomic E-state index is 0.110. The molecule has 1 fully saturated rings. The van der Waals surface area contributed by atoms with E-state index in [0.29, 0.717) is 18.3 Å². The fourth-order valence-corrected chi connectivity index (χ4v) is 3.45. The number of ether oxygens (including phenoxy) is 1. The van der Waals surface area contributed by atoms with Gasteiger partial charge in [-0.1, -0.05) is 25.1 Å². The summed E-state index contributed by atoms with van der Waals surface area (Å²) in [4.78, 5) is 12.5. The van der Waals surface area contributed by atoms with E-state index in [-0.39, 0.29) is 5.91 Å². The molecule has 0 bridgehead atoms. The maximum atomic E-state index is 12.5. The van der Waals surface area contributed by atoms with Crippen LogP contribution in [0, 0.1) is 11.8 Å². The van der Waals surface area contributed by atoms with Crippen LogP contribution >= 0.6 is 0 Å². The van der Waals surface area contributed by atoms with Crippen LogP contribution in [0.3, 0.4) is 0 Å². The minimum atomic E-state index is -0.450. The SMILES string of the molecule is COc1ccccc1C(C)(C)NC(=O)CC(C)C1CCCNC1. The Morgan fingerprint density at radius 1 is 1.43 bits per heavy atom. The number of benzene rings is 1. The summed E-state index contributed by atoms with van der Waals surface area (Å²) < 4.78 is 5.43. The first kappa shape index (κ1) is 17.8. The molecule has 1 aliphatic rings. The fourth-order valence-electron chi connectivity index (χ4n) is 3.45. The second kappa shape index (κ2) is 7.82. The van der Waals surface area contributed by atoms with Crippen LogP contribution < -0.4 is 15.4 Å². The van der Waals surface area contributed by atoms with Gasteiger partial charge >= 0.3 is 0 Å². The Morgan fingerprint density at radius 2 is 2.17 bits per heavy atom. The average molecular weight is 318 g/mol. The molecule has 4 heteroatoms. The van der Waals surface area contributed by atoms with Crippen molar-refractivity contribution in [3.05, 3.63) is 29.8 Å². The summed E-state index contributed by atoms with van der Waals surface area (Å²) in [5, 5.41) is 6.61.